The molecular formula is C22H21N3O4. The lowest BCUT2D eigenvalue weighted by Crippen LogP contribution is -2.13. The van der Waals surface area contributed by atoms with Gasteiger partial charge in [-0.15, -0.1) is 0 Å². The first-order chi connectivity index (χ1) is 14.0. The summed E-state index contributed by atoms with van der Waals surface area (Å²) in [5, 5.41) is 17.3. The minimum absolute atomic E-state index is 0.157. The number of carbonyl (C=O) groups excluding carboxylic acids is 1. The number of nitro benzene ring substituents is 1. The second-order valence-electron chi connectivity index (χ2n) is 6.51. The number of hydrogen-bond donors (Lipinski definition) is 2. The van der Waals surface area contributed by atoms with Crippen LogP contribution < -0.4 is 15.4 Å². The highest BCUT2D eigenvalue weighted by Crippen LogP contribution is 2.27. The maximum Gasteiger partial charge on any atom is 0.293 e. The lowest BCUT2D eigenvalue weighted by Gasteiger charge is -2.10. The van der Waals surface area contributed by atoms with Gasteiger partial charge in [-0.3, -0.25) is 14.9 Å². The molecule has 0 bridgehead atoms. The Morgan fingerprint density at radius 2 is 1.83 bits per heavy atom. The molecule has 148 valence electrons. The Bertz CT molecular complexity index is 1030. The molecule has 0 spiro atoms. The minimum atomic E-state index is -0.500. The number of rotatable bonds is 7. The molecule has 0 aliphatic heterocycles. The van der Waals surface area contributed by atoms with Crippen LogP contribution in [0.4, 0.5) is 17.1 Å². The van der Waals surface area contributed by atoms with Crippen LogP contribution in [-0.2, 0) is 6.54 Å². The molecule has 0 saturated carbocycles. The second-order valence-corrected chi connectivity index (χ2v) is 6.51. The Morgan fingerprint density at radius 1 is 1.07 bits per heavy atom. The van der Waals surface area contributed by atoms with E-state index in [2.05, 4.69) is 10.6 Å². The van der Waals surface area contributed by atoms with Crippen molar-refractivity contribution in [3.8, 4) is 5.75 Å². The highest BCUT2D eigenvalue weighted by molar-refractivity contribution is 6.05. The summed E-state index contributed by atoms with van der Waals surface area (Å²) in [6.07, 6.45) is 0. The van der Waals surface area contributed by atoms with Crippen molar-refractivity contribution in [1.82, 2.24) is 0 Å². The van der Waals surface area contributed by atoms with Gasteiger partial charge in [-0.25, -0.2) is 0 Å². The van der Waals surface area contributed by atoms with Crippen LogP contribution in [0.1, 0.15) is 21.5 Å². The second kappa shape index (κ2) is 8.88. The molecule has 0 atom stereocenters. The Hall–Kier alpha value is -3.87. The summed E-state index contributed by atoms with van der Waals surface area (Å²) in [5.41, 5.74) is 2.99. The van der Waals surface area contributed by atoms with Gasteiger partial charge in [0.05, 0.1) is 12.0 Å². The van der Waals surface area contributed by atoms with Crippen molar-refractivity contribution in [3.05, 3.63) is 93.5 Å². The van der Waals surface area contributed by atoms with E-state index in [0.717, 1.165) is 16.9 Å². The first kappa shape index (κ1) is 19.9. The fourth-order valence-corrected chi connectivity index (χ4v) is 2.84. The largest absolute Gasteiger partial charge is 0.497 e. The van der Waals surface area contributed by atoms with Gasteiger partial charge < -0.3 is 15.4 Å². The summed E-state index contributed by atoms with van der Waals surface area (Å²) in [4.78, 5) is 23.5. The first-order valence-electron chi connectivity index (χ1n) is 8.99. The van der Waals surface area contributed by atoms with Crippen LogP contribution in [0.25, 0.3) is 0 Å². The number of nitrogens with one attached hydrogen (secondary N) is 2. The molecule has 7 heteroatoms. The summed E-state index contributed by atoms with van der Waals surface area (Å²) in [6.45, 7) is 2.32. The van der Waals surface area contributed by atoms with Crippen molar-refractivity contribution in [2.45, 2.75) is 13.5 Å². The van der Waals surface area contributed by atoms with Gasteiger partial charge in [0.1, 0.15) is 11.4 Å². The van der Waals surface area contributed by atoms with Crippen molar-refractivity contribution in [2.24, 2.45) is 0 Å². The summed E-state index contributed by atoms with van der Waals surface area (Å²) >= 11 is 0. The van der Waals surface area contributed by atoms with E-state index in [4.69, 9.17) is 4.74 Å². The molecule has 0 heterocycles. The van der Waals surface area contributed by atoms with E-state index >= 15 is 0 Å². The average Bonchev–Trinajstić information content (AvgIpc) is 2.72. The Balaban J connectivity index is 1.75. The standard InChI is InChI=1S/C22H21N3O4/c1-15-4-3-5-18(12-15)24-22(26)17-8-11-20(21(13-17)25(27)28)23-14-16-6-9-19(29-2)10-7-16/h3-13,23H,14H2,1-2H3,(H,24,26). The van der Waals surface area contributed by atoms with Crippen molar-refractivity contribution in [1.29, 1.82) is 0 Å². The molecule has 0 aliphatic carbocycles. The van der Waals surface area contributed by atoms with Gasteiger partial charge in [0.15, 0.2) is 0 Å². The van der Waals surface area contributed by atoms with Gasteiger partial charge in [-0.2, -0.15) is 0 Å². The van der Waals surface area contributed by atoms with Crippen molar-refractivity contribution in [3.63, 3.8) is 0 Å². The number of amides is 1. The molecule has 3 aromatic carbocycles. The third-order valence-electron chi connectivity index (χ3n) is 4.37. The summed E-state index contributed by atoms with van der Waals surface area (Å²) < 4.78 is 5.12. The van der Waals surface area contributed by atoms with Crippen LogP contribution in [0, 0.1) is 17.0 Å². The van der Waals surface area contributed by atoms with Gasteiger partial charge >= 0.3 is 0 Å². The highest BCUT2D eigenvalue weighted by atomic mass is 16.6. The fourth-order valence-electron chi connectivity index (χ4n) is 2.84. The molecule has 29 heavy (non-hydrogen) atoms. The van der Waals surface area contributed by atoms with Crippen LogP contribution in [0.15, 0.2) is 66.7 Å². The molecule has 3 rings (SSSR count). The number of nitrogens with zero attached hydrogens (tertiary/aromatic N) is 1. The molecule has 0 radical (unpaired) electrons. The quantitative estimate of drug-likeness (QED) is 0.447. The fraction of sp³-hybridized carbons (Fsp3) is 0.136. The van der Waals surface area contributed by atoms with Crippen molar-refractivity contribution < 1.29 is 14.5 Å². The predicted molar refractivity (Wildman–Crippen MR) is 113 cm³/mol. The van der Waals surface area contributed by atoms with Crippen molar-refractivity contribution >= 4 is 23.0 Å². The third kappa shape index (κ3) is 5.10. The number of anilines is 2. The maximum absolute atomic E-state index is 12.5. The molecule has 2 N–H and O–H groups in total. The number of methoxy groups -OCH3 is 1. The SMILES string of the molecule is COc1ccc(CNc2ccc(C(=O)Nc3cccc(C)c3)cc2[N+](=O)[O-])cc1. The van der Waals surface area contributed by atoms with Crippen LogP contribution in [0.2, 0.25) is 0 Å². The molecule has 3 aromatic rings. The number of hydrogen-bond acceptors (Lipinski definition) is 5. The van der Waals surface area contributed by atoms with E-state index in [1.807, 2.05) is 49.4 Å². The van der Waals surface area contributed by atoms with Crippen molar-refractivity contribution in [2.75, 3.05) is 17.7 Å². The molecule has 0 saturated heterocycles. The van der Waals surface area contributed by atoms with E-state index in [1.165, 1.54) is 6.07 Å². The maximum atomic E-state index is 12.5. The normalized spacial score (nSPS) is 10.3. The lowest BCUT2D eigenvalue weighted by molar-refractivity contribution is -0.384. The summed E-state index contributed by atoms with van der Waals surface area (Å²) in [7, 11) is 1.59. The summed E-state index contributed by atoms with van der Waals surface area (Å²) in [5.74, 6) is 0.337. The number of carbonyl (C=O) groups is 1. The molecule has 0 fully saturated rings. The molecule has 1 amide bonds. The van der Waals surface area contributed by atoms with Crippen LogP contribution in [-0.4, -0.2) is 17.9 Å². The number of nitro groups is 1. The first-order valence-corrected chi connectivity index (χ1v) is 8.99. The zero-order chi connectivity index (χ0) is 20.8. The van der Waals surface area contributed by atoms with E-state index in [0.29, 0.717) is 17.9 Å². The smallest absolute Gasteiger partial charge is 0.293 e. The van der Waals surface area contributed by atoms with E-state index in [9.17, 15) is 14.9 Å². The Labute approximate surface area is 168 Å². The summed E-state index contributed by atoms with van der Waals surface area (Å²) in [6, 6.07) is 19.1. The Morgan fingerprint density at radius 3 is 2.48 bits per heavy atom. The number of benzene rings is 3. The molecule has 0 aromatic heterocycles. The van der Waals surface area contributed by atoms with Crippen LogP contribution >= 0.6 is 0 Å². The minimum Gasteiger partial charge on any atom is -0.497 e. The van der Waals surface area contributed by atoms with E-state index in [1.54, 1.807) is 25.3 Å². The lowest BCUT2D eigenvalue weighted by atomic mass is 10.1. The van der Waals surface area contributed by atoms with Crippen LogP contribution in [0.5, 0.6) is 5.75 Å². The Kier molecular flexibility index (Phi) is 6.09. The van der Waals surface area contributed by atoms with E-state index in [-0.39, 0.29) is 11.3 Å². The highest BCUT2D eigenvalue weighted by Gasteiger charge is 2.18. The topological polar surface area (TPSA) is 93.5 Å². The zero-order valence-corrected chi connectivity index (χ0v) is 16.1. The van der Waals surface area contributed by atoms with Gasteiger partial charge in [-0.1, -0.05) is 24.3 Å². The number of aryl methyl sites for hydroxylation is 1. The molecular weight excluding hydrogens is 370 g/mol. The van der Waals surface area contributed by atoms with Gasteiger partial charge in [0, 0.05) is 23.9 Å². The third-order valence-corrected chi connectivity index (χ3v) is 4.37. The van der Waals surface area contributed by atoms with Gasteiger partial charge in [0.25, 0.3) is 11.6 Å². The zero-order valence-electron chi connectivity index (χ0n) is 16.1. The van der Waals surface area contributed by atoms with Crippen LogP contribution in [0.3, 0.4) is 0 Å². The van der Waals surface area contributed by atoms with Gasteiger partial charge in [-0.05, 0) is 54.4 Å². The van der Waals surface area contributed by atoms with Gasteiger partial charge in [0.2, 0.25) is 0 Å². The average molecular weight is 391 g/mol. The molecule has 0 unspecified atom stereocenters. The monoisotopic (exact) mass is 391 g/mol. The predicted octanol–water partition coefficient (Wildman–Crippen LogP) is 4.78. The molecule has 0 aliphatic rings. The number of ether oxygens (including phenoxy) is 1. The van der Waals surface area contributed by atoms with E-state index < -0.39 is 10.8 Å². The molecule has 7 nitrogen and oxygen atoms in total.